The van der Waals surface area contributed by atoms with Gasteiger partial charge in [0.2, 0.25) is 5.91 Å². The van der Waals surface area contributed by atoms with Crippen LogP contribution in [0.3, 0.4) is 0 Å². The van der Waals surface area contributed by atoms with Gasteiger partial charge in [-0.1, -0.05) is 6.92 Å². The summed E-state index contributed by atoms with van der Waals surface area (Å²) in [5.41, 5.74) is 0.995. The molecule has 2 saturated heterocycles. The van der Waals surface area contributed by atoms with Gasteiger partial charge in [0.1, 0.15) is 5.75 Å². The van der Waals surface area contributed by atoms with E-state index in [1.54, 1.807) is 29.7 Å². The van der Waals surface area contributed by atoms with Crippen molar-refractivity contribution in [3.05, 3.63) is 29.3 Å². The number of hydrogen-bond acceptors (Lipinski definition) is 5. The molecule has 7 nitrogen and oxygen atoms in total. The van der Waals surface area contributed by atoms with Crippen LogP contribution in [0.4, 0.5) is 0 Å². The Labute approximate surface area is 147 Å². The number of rotatable bonds is 2. The summed E-state index contributed by atoms with van der Waals surface area (Å²) in [5, 5.41) is 9.63. The van der Waals surface area contributed by atoms with Crippen LogP contribution in [0, 0.1) is 6.92 Å². The Morgan fingerprint density at radius 2 is 1.76 bits per heavy atom. The highest BCUT2D eigenvalue weighted by atomic mass is 32.2. The standard InChI is InChI=1S/C17H22N2O5S/c1-3-16(21)18-6-7-19(14-10-25(23,24)9-13(14)18)17(22)12-4-5-15(20)11(2)8-12/h4-5,8,13-14,20H,3,6-7,9-10H2,1-2H3/t13-,14+/m1/s1. The molecule has 1 aromatic carbocycles. The van der Waals surface area contributed by atoms with Gasteiger partial charge in [0.05, 0.1) is 23.6 Å². The van der Waals surface area contributed by atoms with Crippen molar-refractivity contribution in [2.24, 2.45) is 0 Å². The Balaban J connectivity index is 1.91. The van der Waals surface area contributed by atoms with Crippen molar-refractivity contribution >= 4 is 21.7 Å². The number of benzene rings is 1. The number of nitrogens with zero attached hydrogens (tertiary/aromatic N) is 2. The largest absolute Gasteiger partial charge is 0.508 e. The maximum Gasteiger partial charge on any atom is 0.254 e. The van der Waals surface area contributed by atoms with Crippen LogP contribution in [0.25, 0.3) is 0 Å². The van der Waals surface area contributed by atoms with Gasteiger partial charge in [0, 0.05) is 25.1 Å². The van der Waals surface area contributed by atoms with Gasteiger partial charge in [-0.15, -0.1) is 0 Å². The number of fused-ring (bicyclic) bond motifs is 1. The fourth-order valence-corrected chi connectivity index (χ4v) is 5.65. The smallest absolute Gasteiger partial charge is 0.254 e. The summed E-state index contributed by atoms with van der Waals surface area (Å²) < 4.78 is 24.3. The number of hydrogen-bond donors (Lipinski definition) is 1. The molecule has 8 heteroatoms. The monoisotopic (exact) mass is 366 g/mol. The Hall–Kier alpha value is -2.09. The molecule has 2 atom stereocenters. The Bertz CT molecular complexity index is 820. The predicted octanol–water partition coefficient (Wildman–Crippen LogP) is 0.561. The zero-order valence-electron chi connectivity index (χ0n) is 14.3. The van der Waals surface area contributed by atoms with Crippen LogP contribution >= 0.6 is 0 Å². The lowest BCUT2D eigenvalue weighted by Crippen LogP contribution is -2.61. The van der Waals surface area contributed by atoms with E-state index in [9.17, 15) is 23.1 Å². The lowest BCUT2D eigenvalue weighted by atomic mass is 10.0. The number of carbonyl (C=O) groups is 2. The van der Waals surface area contributed by atoms with Crippen molar-refractivity contribution in [1.29, 1.82) is 0 Å². The average molecular weight is 366 g/mol. The lowest BCUT2D eigenvalue weighted by molar-refractivity contribution is -0.135. The number of aromatic hydroxyl groups is 1. The molecule has 0 saturated carbocycles. The maximum absolute atomic E-state index is 12.9. The molecule has 0 spiro atoms. The second kappa shape index (κ2) is 6.33. The molecule has 0 aliphatic carbocycles. The Kier molecular flexibility index (Phi) is 4.49. The van der Waals surface area contributed by atoms with Crippen molar-refractivity contribution in [1.82, 2.24) is 9.80 Å². The minimum atomic E-state index is -3.29. The van der Waals surface area contributed by atoms with Crippen LogP contribution in [0.5, 0.6) is 5.75 Å². The van der Waals surface area contributed by atoms with Gasteiger partial charge in [-0.25, -0.2) is 8.42 Å². The van der Waals surface area contributed by atoms with E-state index in [0.29, 0.717) is 30.6 Å². The van der Waals surface area contributed by atoms with Crippen LogP contribution in [-0.2, 0) is 14.6 Å². The third-order valence-corrected chi connectivity index (χ3v) is 6.70. The molecule has 0 radical (unpaired) electrons. The van der Waals surface area contributed by atoms with Crippen molar-refractivity contribution in [2.75, 3.05) is 24.6 Å². The molecule has 0 bridgehead atoms. The molecule has 2 aliphatic rings. The first-order valence-corrected chi connectivity index (χ1v) is 10.2. The van der Waals surface area contributed by atoms with E-state index in [0.717, 1.165) is 0 Å². The number of amides is 2. The zero-order chi connectivity index (χ0) is 18.4. The summed E-state index contributed by atoms with van der Waals surface area (Å²) >= 11 is 0. The molecule has 1 aromatic rings. The number of phenols is 1. The van der Waals surface area contributed by atoms with E-state index in [-0.39, 0.29) is 29.1 Å². The van der Waals surface area contributed by atoms with E-state index in [4.69, 9.17) is 0 Å². The van der Waals surface area contributed by atoms with E-state index >= 15 is 0 Å². The molecule has 2 fully saturated rings. The fourth-order valence-electron chi connectivity index (χ4n) is 3.67. The van der Waals surface area contributed by atoms with Gasteiger partial charge in [-0.05, 0) is 30.7 Å². The number of sulfone groups is 1. The lowest BCUT2D eigenvalue weighted by Gasteiger charge is -2.44. The van der Waals surface area contributed by atoms with E-state index in [1.807, 2.05) is 0 Å². The quantitative estimate of drug-likeness (QED) is 0.825. The topological polar surface area (TPSA) is 95.0 Å². The Morgan fingerprint density at radius 1 is 1.16 bits per heavy atom. The summed E-state index contributed by atoms with van der Waals surface area (Å²) in [6, 6.07) is 3.60. The van der Waals surface area contributed by atoms with Crippen LogP contribution in [0.2, 0.25) is 0 Å². The highest BCUT2D eigenvalue weighted by Crippen LogP contribution is 2.29. The van der Waals surface area contributed by atoms with Crippen LogP contribution < -0.4 is 0 Å². The highest BCUT2D eigenvalue weighted by Gasteiger charge is 2.49. The first-order valence-electron chi connectivity index (χ1n) is 8.34. The minimum absolute atomic E-state index is 0.0836. The minimum Gasteiger partial charge on any atom is -0.508 e. The second-order valence-corrected chi connectivity index (χ2v) is 8.81. The summed E-state index contributed by atoms with van der Waals surface area (Å²) in [5.74, 6) is -0.454. The number of piperazine rings is 1. The third-order valence-electron chi connectivity index (χ3n) is 5.00. The summed E-state index contributed by atoms with van der Waals surface area (Å²) in [4.78, 5) is 28.2. The fraction of sp³-hybridized carbons (Fsp3) is 0.529. The molecule has 2 aliphatic heterocycles. The van der Waals surface area contributed by atoms with Gasteiger partial charge in [0.25, 0.3) is 5.91 Å². The van der Waals surface area contributed by atoms with Crippen molar-refractivity contribution in [2.45, 2.75) is 32.4 Å². The van der Waals surface area contributed by atoms with Crippen LogP contribution in [0.15, 0.2) is 18.2 Å². The SMILES string of the molecule is CCC(=O)N1CCN(C(=O)c2ccc(O)c(C)c2)[C@H]2CS(=O)(=O)C[C@H]21. The molecule has 2 heterocycles. The molecule has 3 rings (SSSR count). The van der Waals surface area contributed by atoms with Gasteiger partial charge in [-0.3, -0.25) is 9.59 Å². The maximum atomic E-state index is 12.9. The molecule has 0 unspecified atom stereocenters. The molecule has 25 heavy (non-hydrogen) atoms. The molecular weight excluding hydrogens is 344 g/mol. The second-order valence-electron chi connectivity index (χ2n) is 6.65. The summed E-state index contributed by atoms with van der Waals surface area (Å²) in [7, 11) is -3.29. The molecule has 136 valence electrons. The average Bonchev–Trinajstić information content (AvgIpc) is 2.89. The van der Waals surface area contributed by atoms with Crippen molar-refractivity contribution in [3.8, 4) is 5.75 Å². The Morgan fingerprint density at radius 3 is 2.36 bits per heavy atom. The van der Waals surface area contributed by atoms with Gasteiger partial charge < -0.3 is 14.9 Å². The van der Waals surface area contributed by atoms with Gasteiger partial charge >= 0.3 is 0 Å². The van der Waals surface area contributed by atoms with Crippen molar-refractivity contribution < 1.29 is 23.1 Å². The van der Waals surface area contributed by atoms with E-state index in [2.05, 4.69) is 0 Å². The van der Waals surface area contributed by atoms with E-state index in [1.165, 1.54) is 12.1 Å². The van der Waals surface area contributed by atoms with Crippen LogP contribution in [0.1, 0.15) is 29.3 Å². The molecule has 1 N–H and O–H groups in total. The molecular formula is C17H22N2O5S. The summed E-state index contributed by atoms with van der Waals surface area (Å²) in [6.45, 7) is 4.09. The number of aryl methyl sites for hydroxylation is 1. The van der Waals surface area contributed by atoms with E-state index < -0.39 is 21.9 Å². The van der Waals surface area contributed by atoms with Gasteiger partial charge in [0.15, 0.2) is 9.84 Å². The highest BCUT2D eigenvalue weighted by molar-refractivity contribution is 7.91. The first kappa shape index (κ1) is 17.7. The molecule has 0 aromatic heterocycles. The number of phenolic OH excluding ortho intramolecular Hbond substituents is 1. The predicted molar refractivity (Wildman–Crippen MR) is 92.1 cm³/mol. The third kappa shape index (κ3) is 3.22. The zero-order valence-corrected chi connectivity index (χ0v) is 15.1. The van der Waals surface area contributed by atoms with Crippen LogP contribution in [-0.4, -0.2) is 71.8 Å². The number of carbonyl (C=O) groups excluding carboxylic acids is 2. The summed E-state index contributed by atoms with van der Waals surface area (Å²) in [6.07, 6.45) is 0.314. The molecule has 2 amide bonds. The first-order chi connectivity index (χ1) is 11.7. The van der Waals surface area contributed by atoms with Gasteiger partial charge in [-0.2, -0.15) is 0 Å². The van der Waals surface area contributed by atoms with Crippen molar-refractivity contribution in [3.63, 3.8) is 0 Å². The normalized spacial score (nSPS) is 24.9.